The highest BCUT2D eigenvalue weighted by Gasteiger charge is 2.37. The number of carbonyl (C=O) groups excluding carboxylic acids is 2. The summed E-state index contributed by atoms with van der Waals surface area (Å²) in [5.41, 5.74) is 9.42. The summed E-state index contributed by atoms with van der Waals surface area (Å²) in [6.07, 6.45) is 2.59. The molecule has 0 aromatic heterocycles. The van der Waals surface area contributed by atoms with Gasteiger partial charge in [-0.25, -0.2) is 0 Å². The zero-order chi connectivity index (χ0) is 19.4. The minimum absolute atomic E-state index is 0.136. The van der Waals surface area contributed by atoms with Gasteiger partial charge in [-0.1, -0.05) is 48.9 Å². The lowest BCUT2D eigenvalue weighted by Gasteiger charge is -2.39. The molecule has 1 aliphatic heterocycles. The van der Waals surface area contributed by atoms with Crippen molar-refractivity contribution in [2.75, 3.05) is 11.9 Å². The molecule has 0 unspecified atom stereocenters. The Morgan fingerprint density at radius 3 is 2.56 bits per heavy atom. The minimum Gasteiger partial charge on any atom is -0.368 e. The van der Waals surface area contributed by atoms with Crippen molar-refractivity contribution in [2.24, 2.45) is 5.73 Å². The third-order valence-electron chi connectivity index (χ3n) is 5.22. The number of amides is 2. The van der Waals surface area contributed by atoms with Crippen molar-refractivity contribution in [1.29, 1.82) is 0 Å². The van der Waals surface area contributed by atoms with E-state index in [0.717, 1.165) is 35.2 Å². The monoisotopic (exact) mass is 365 g/mol. The van der Waals surface area contributed by atoms with Crippen LogP contribution in [0.5, 0.6) is 0 Å². The van der Waals surface area contributed by atoms with E-state index in [0.29, 0.717) is 13.0 Å². The Hall–Kier alpha value is -2.66. The first kappa shape index (κ1) is 19.1. The van der Waals surface area contributed by atoms with Crippen LogP contribution in [-0.4, -0.2) is 29.3 Å². The molecule has 1 aliphatic rings. The molecule has 142 valence electrons. The second kappa shape index (κ2) is 8.35. The van der Waals surface area contributed by atoms with Crippen molar-refractivity contribution in [2.45, 2.75) is 45.2 Å². The highest BCUT2D eigenvalue weighted by molar-refractivity contribution is 5.96. The topological polar surface area (TPSA) is 75.4 Å². The van der Waals surface area contributed by atoms with Crippen LogP contribution in [0.1, 0.15) is 42.0 Å². The fraction of sp³-hybridized carbons (Fsp3) is 0.364. The summed E-state index contributed by atoms with van der Waals surface area (Å²) in [5, 5.41) is 3.07. The van der Waals surface area contributed by atoms with Gasteiger partial charge in [-0.05, 0) is 49.4 Å². The molecule has 3 rings (SSSR count). The number of primary amides is 1. The first-order valence-electron chi connectivity index (χ1n) is 9.45. The maximum atomic E-state index is 13.3. The molecule has 3 N–H and O–H groups in total. The molecular weight excluding hydrogens is 338 g/mol. The summed E-state index contributed by atoms with van der Waals surface area (Å²) in [6, 6.07) is 14.6. The number of aryl methyl sites for hydroxylation is 2. The summed E-state index contributed by atoms with van der Waals surface area (Å²) in [7, 11) is 0. The van der Waals surface area contributed by atoms with Gasteiger partial charge < -0.3 is 11.1 Å². The van der Waals surface area contributed by atoms with E-state index in [-0.39, 0.29) is 11.8 Å². The van der Waals surface area contributed by atoms with E-state index in [1.165, 1.54) is 0 Å². The molecule has 1 fully saturated rings. The summed E-state index contributed by atoms with van der Waals surface area (Å²) in [5.74, 6) is -0.502. The van der Waals surface area contributed by atoms with E-state index in [9.17, 15) is 9.59 Å². The summed E-state index contributed by atoms with van der Waals surface area (Å²) < 4.78 is 0. The molecule has 0 saturated carbocycles. The van der Waals surface area contributed by atoms with Crippen molar-refractivity contribution >= 4 is 17.5 Å². The number of carbonyl (C=O) groups is 2. The fourth-order valence-electron chi connectivity index (χ4n) is 3.77. The molecule has 0 bridgehead atoms. The quantitative estimate of drug-likeness (QED) is 0.853. The molecule has 0 radical (unpaired) electrons. The Balaban J connectivity index is 1.95. The minimum atomic E-state index is -0.552. The normalized spacial score (nSPS) is 18.7. The number of likely N-dealkylation sites (tertiary alicyclic amines) is 1. The zero-order valence-corrected chi connectivity index (χ0v) is 15.9. The van der Waals surface area contributed by atoms with E-state index >= 15 is 0 Å². The molecule has 1 saturated heterocycles. The second-order valence-corrected chi connectivity index (χ2v) is 7.27. The average molecular weight is 365 g/mol. The third kappa shape index (κ3) is 4.37. The first-order valence-corrected chi connectivity index (χ1v) is 9.45. The molecule has 0 spiro atoms. The van der Waals surface area contributed by atoms with Gasteiger partial charge >= 0.3 is 0 Å². The Morgan fingerprint density at radius 1 is 1.11 bits per heavy atom. The fourth-order valence-corrected chi connectivity index (χ4v) is 3.77. The van der Waals surface area contributed by atoms with Crippen molar-refractivity contribution in [3.05, 3.63) is 65.2 Å². The molecule has 0 aliphatic carbocycles. The Morgan fingerprint density at radius 2 is 1.85 bits per heavy atom. The highest BCUT2D eigenvalue weighted by atomic mass is 16.2. The lowest BCUT2D eigenvalue weighted by molar-refractivity contribution is -0.130. The van der Waals surface area contributed by atoms with E-state index < -0.39 is 12.1 Å². The number of anilines is 1. The van der Waals surface area contributed by atoms with E-state index in [4.69, 9.17) is 5.73 Å². The van der Waals surface area contributed by atoms with Crippen LogP contribution in [0.3, 0.4) is 0 Å². The molecular formula is C22H27N3O2. The zero-order valence-electron chi connectivity index (χ0n) is 15.9. The Kier molecular flexibility index (Phi) is 5.91. The van der Waals surface area contributed by atoms with Gasteiger partial charge in [-0.15, -0.1) is 0 Å². The molecule has 2 amide bonds. The lowest BCUT2D eigenvalue weighted by Crippen LogP contribution is -2.51. The van der Waals surface area contributed by atoms with E-state index in [1.807, 2.05) is 67.3 Å². The number of hydrogen-bond donors (Lipinski definition) is 2. The molecule has 27 heavy (non-hydrogen) atoms. The molecule has 1 heterocycles. The number of nitrogens with zero attached hydrogens (tertiary/aromatic N) is 1. The van der Waals surface area contributed by atoms with Crippen molar-refractivity contribution in [3.8, 4) is 0 Å². The van der Waals surface area contributed by atoms with Gasteiger partial charge in [-0.3, -0.25) is 14.5 Å². The largest absolute Gasteiger partial charge is 0.368 e. The van der Waals surface area contributed by atoms with Gasteiger partial charge in [0.2, 0.25) is 11.8 Å². The standard InChI is InChI=1S/C22H27N3O2/c1-15-11-12-16(2)18(14-15)24-22(27)20(17-8-4-3-5-9-17)25-13-7-6-10-19(25)21(23)26/h3-5,8-9,11-12,14,19-20H,6-7,10,13H2,1-2H3,(H2,23,26)(H,24,27)/t19-,20-/m1/s1. The van der Waals surface area contributed by atoms with Crippen LogP contribution in [0.4, 0.5) is 5.69 Å². The summed E-state index contributed by atoms with van der Waals surface area (Å²) in [6.45, 7) is 4.64. The number of benzene rings is 2. The highest BCUT2D eigenvalue weighted by Crippen LogP contribution is 2.30. The average Bonchev–Trinajstić information content (AvgIpc) is 2.66. The third-order valence-corrected chi connectivity index (χ3v) is 5.22. The number of hydrogen-bond acceptors (Lipinski definition) is 3. The van der Waals surface area contributed by atoms with Gasteiger partial charge in [0.05, 0.1) is 6.04 Å². The SMILES string of the molecule is Cc1ccc(C)c(NC(=O)[C@@H](c2ccccc2)N2CCCC[C@@H]2C(N)=O)c1. The van der Waals surface area contributed by atoms with Gasteiger partial charge in [-0.2, -0.15) is 0 Å². The molecule has 5 nitrogen and oxygen atoms in total. The Bertz CT molecular complexity index is 820. The number of rotatable bonds is 5. The number of nitrogens with one attached hydrogen (secondary N) is 1. The summed E-state index contributed by atoms with van der Waals surface area (Å²) >= 11 is 0. The van der Waals surface area contributed by atoms with Crippen LogP contribution in [0.25, 0.3) is 0 Å². The molecule has 5 heteroatoms. The van der Waals surface area contributed by atoms with Gasteiger partial charge in [0.1, 0.15) is 6.04 Å². The Labute approximate surface area is 160 Å². The van der Waals surface area contributed by atoms with E-state index in [2.05, 4.69) is 5.32 Å². The lowest BCUT2D eigenvalue weighted by atomic mass is 9.95. The maximum absolute atomic E-state index is 13.3. The molecule has 2 atom stereocenters. The van der Waals surface area contributed by atoms with Gasteiger partial charge in [0.25, 0.3) is 0 Å². The van der Waals surface area contributed by atoms with Gasteiger partial charge in [0.15, 0.2) is 0 Å². The molecule has 2 aromatic carbocycles. The van der Waals surface area contributed by atoms with Crippen molar-refractivity contribution < 1.29 is 9.59 Å². The predicted molar refractivity (Wildman–Crippen MR) is 107 cm³/mol. The van der Waals surface area contributed by atoms with Crippen LogP contribution < -0.4 is 11.1 Å². The maximum Gasteiger partial charge on any atom is 0.246 e. The second-order valence-electron chi connectivity index (χ2n) is 7.27. The summed E-state index contributed by atoms with van der Waals surface area (Å²) in [4.78, 5) is 27.3. The van der Waals surface area contributed by atoms with E-state index in [1.54, 1.807) is 0 Å². The van der Waals surface area contributed by atoms with Crippen LogP contribution in [0, 0.1) is 13.8 Å². The predicted octanol–water partition coefficient (Wildman–Crippen LogP) is 3.32. The van der Waals surface area contributed by atoms with Crippen molar-refractivity contribution in [3.63, 3.8) is 0 Å². The van der Waals surface area contributed by atoms with Crippen molar-refractivity contribution in [1.82, 2.24) is 4.90 Å². The van der Waals surface area contributed by atoms with Crippen LogP contribution in [-0.2, 0) is 9.59 Å². The molecule has 2 aromatic rings. The van der Waals surface area contributed by atoms with Gasteiger partial charge in [0, 0.05) is 12.2 Å². The number of piperidine rings is 1. The van der Waals surface area contributed by atoms with Crippen LogP contribution >= 0.6 is 0 Å². The first-order chi connectivity index (χ1) is 13.0. The number of nitrogens with two attached hydrogens (primary N) is 1. The van der Waals surface area contributed by atoms with Crippen LogP contribution in [0.15, 0.2) is 48.5 Å². The smallest absolute Gasteiger partial charge is 0.246 e. The van der Waals surface area contributed by atoms with Crippen LogP contribution in [0.2, 0.25) is 0 Å².